The smallest absolute Gasteiger partial charge is 0.311 e. The molecule has 0 heterocycles. The number of rotatable bonds is 6. The van der Waals surface area contributed by atoms with Gasteiger partial charge in [-0.3, -0.25) is 14.4 Å². The van der Waals surface area contributed by atoms with Gasteiger partial charge in [0.05, 0.1) is 24.4 Å². The van der Waals surface area contributed by atoms with Crippen LogP contribution in [0.15, 0.2) is 0 Å². The third-order valence-corrected chi connectivity index (χ3v) is 2.78. The Kier molecular flexibility index (Phi) is 18.4. The Morgan fingerprint density at radius 1 is 1.00 bits per heavy atom. The lowest BCUT2D eigenvalue weighted by atomic mass is 9.78. The molecule has 0 fully saturated rings. The molecule has 6 nitrogen and oxygen atoms in total. The summed E-state index contributed by atoms with van der Waals surface area (Å²) in [6.45, 7) is 4.38. The first-order chi connectivity index (χ1) is 7.63. The van der Waals surface area contributed by atoms with Crippen LogP contribution in [0.5, 0.6) is 0 Å². The molecule has 0 aliphatic carbocycles. The Bertz CT molecular complexity index is 322. The van der Waals surface area contributed by atoms with Crippen LogP contribution < -0.4 is 0 Å². The van der Waals surface area contributed by atoms with Gasteiger partial charge in [-0.2, -0.15) is 0 Å². The number of carboxylic acid groups (broad SMARTS) is 2. The quantitative estimate of drug-likeness (QED) is 0.728. The van der Waals surface area contributed by atoms with Gasteiger partial charge in [-0.1, -0.05) is 36.6 Å². The van der Waals surface area contributed by atoms with Crippen molar-refractivity contribution in [1.82, 2.24) is 0 Å². The van der Waals surface area contributed by atoms with Crippen molar-refractivity contribution in [2.45, 2.75) is 56.9 Å². The first kappa shape index (κ1) is 31.7. The second-order valence-corrected chi connectivity index (χ2v) is 4.65. The van der Waals surface area contributed by atoms with Gasteiger partial charge in [-0.25, -0.2) is 0 Å². The van der Waals surface area contributed by atoms with E-state index in [1.54, 1.807) is 0 Å². The highest BCUT2D eigenvalue weighted by atomic mass is 16.5. The van der Waals surface area contributed by atoms with Crippen molar-refractivity contribution in [2.24, 2.45) is 17.3 Å². The molecule has 0 bridgehead atoms. The van der Waals surface area contributed by atoms with Gasteiger partial charge >= 0.3 is 17.9 Å². The van der Waals surface area contributed by atoms with Gasteiger partial charge < -0.3 is 14.9 Å². The fraction of sp³-hybridized carbons (Fsp3) is 0.800. The predicted octanol–water partition coefficient (Wildman–Crippen LogP) is 3.54. The van der Waals surface area contributed by atoms with Gasteiger partial charge in [-0.05, 0) is 20.3 Å². The molecule has 0 aliphatic rings. The Hall–Kier alpha value is -1.59. The molecule has 0 aromatic carbocycles. The average molecular weight is 310 g/mol. The van der Waals surface area contributed by atoms with E-state index >= 15 is 0 Å². The first-order valence-electron chi connectivity index (χ1n) is 5.17. The Labute approximate surface area is 129 Å². The number of methoxy groups -OCH3 is 1. The third-order valence-electron chi connectivity index (χ3n) is 2.78. The summed E-state index contributed by atoms with van der Waals surface area (Å²) in [7, 11) is 1.21. The molecule has 6 heteroatoms. The first-order valence-corrected chi connectivity index (χ1v) is 5.17. The van der Waals surface area contributed by atoms with E-state index in [-0.39, 0.29) is 36.1 Å². The molecule has 0 saturated carbocycles. The number of hydrogen-bond donors (Lipinski definition) is 2. The van der Waals surface area contributed by atoms with E-state index in [0.29, 0.717) is 0 Å². The predicted molar refractivity (Wildman–Crippen MR) is 85.3 cm³/mol. The molecule has 0 spiro atoms. The fourth-order valence-electron chi connectivity index (χ4n) is 1.56. The monoisotopic (exact) mass is 310 g/mol. The highest BCUT2D eigenvalue weighted by molar-refractivity contribution is 5.81. The Morgan fingerprint density at radius 3 is 1.62 bits per heavy atom. The summed E-state index contributed by atoms with van der Waals surface area (Å²) in [5.41, 5.74) is -1.03. The maximum atomic E-state index is 11.4. The fourth-order valence-corrected chi connectivity index (χ4v) is 1.56. The molecular formula is C15H34O6. The summed E-state index contributed by atoms with van der Waals surface area (Å²) in [4.78, 5) is 33.2. The molecule has 0 radical (unpaired) electrons. The molecule has 0 amide bonds. The summed E-state index contributed by atoms with van der Waals surface area (Å²) in [5, 5.41) is 17.8. The van der Waals surface area contributed by atoms with Crippen LogP contribution >= 0.6 is 0 Å². The van der Waals surface area contributed by atoms with Crippen molar-refractivity contribution in [2.75, 3.05) is 7.11 Å². The number of aliphatic carboxylic acids is 2. The summed E-state index contributed by atoms with van der Waals surface area (Å²) in [6, 6.07) is 0. The summed E-state index contributed by atoms with van der Waals surface area (Å²) in [6.07, 6.45) is -0.0809. The topological polar surface area (TPSA) is 101 Å². The number of carboxylic acids is 2. The lowest BCUT2D eigenvalue weighted by molar-refractivity contribution is -0.159. The summed E-state index contributed by atoms with van der Waals surface area (Å²) < 4.78 is 4.56. The standard InChI is InChI=1S/C11H18O6.4CH4/c1-6(8(12)13)7(9(14)15)5-11(2,3)10(16)17-4;;;;/h6-7H,5H2,1-4H3,(H,12,13)(H,14,15);4*1H4. The second kappa shape index (κ2) is 12.2. The molecule has 0 rings (SSSR count). The number of esters is 1. The maximum absolute atomic E-state index is 11.4. The van der Waals surface area contributed by atoms with Crippen LogP contribution in [-0.2, 0) is 19.1 Å². The van der Waals surface area contributed by atoms with Gasteiger partial charge in [0.15, 0.2) is 0 Å². The zero-order valence-electron chi connectivity index (χ0n) is 10.4. The SMILES string of the molecule is C.C.C.C.COC(=O)C(C)(C)CC(C(=O)O)C(C)C(=O)O. The Balaban J connectivity index is -0.000000213. The number of ether oxygens (including phenoxy) is 1. The highest BCUT2D eigenvalue weighted by Crippen LogP contribution is 2.31. The van der Waals surface area contributed by atoms with Crippen LogP contribution in [0, 0.1) is 17.3 Å². The van der Waals surface area contributed by atoms with Crippen molar-refractivity contribution in [3.63, 3.8) is 0 Å². The van der Waals surface area contributed by atoms with E-state index in [2.05, 4.69) is 4.74 Å². The van der Waals surface area contributed by atoms with E-state index in [1.165, 1.54) is 27.9 Å². The van der Waals surface area contributed by atoms with Crippen molar-refractivity contribution in [3.05, 3.63) is 0 Å². The van der Waals surface area contributed by atoms with Gasteiger partial charge in [0.2, 0.25) is 0 Å². The largest absolute Gasteiger partial charge is 0.481 e. The molecule has 130 valence electrons. The van der Waals surface area contributed by atoms with E-state index in [1.807, 2.05) is 0 Å². The maximum Gasteiger partial charge on any atom is 0.311 e. The minimum absolute atomic E-state index is 0. The minimum atomic E-state index is -1.23. The molecule has 0 saturated heterocycles. The van der Waals surface area contributed by atoms with E-state index in [4.69, 9.17) is 10.2 Å². The van der Waals surface area contributed by atoms with E-state index in [0.717, 1.165) is 0 Å². The van der Waals surface area contributed by atoms with Gasteiger partial charge in [0.25, 0.3) is 0 Å². The normalized spacial score (nSPS) is 12.0. The number of hydrogen-bond acceptors (Lipinski definition) is 4. The third kappa shape index (κ3) is 9.05. The van der Waals surface area contributed by atoms with Crippen molar-refractivity contribution in [1.29, 1.82) is 0 Å². The Morgan fingerprint density at radius 2 is 1.38 bits per heavy atom. The molecule has 2 atom stereocenters. The van der Waals surface area contributed by atoms with Crippen LogP contribution in [0.4, 0.5) is 0 Å². The van der Waals surface area contributed by atoms with Crippen LogP contribution in [0.1, 0.15) is 56.9 Å². The molecule has 0 aromatic rings. The van der Waals surface area contributed by atoms with Gasteiger partial charge in [0.1, 0.15) is 0 Å². The summed E-state index contributed by atoms with van der Waals surface area (Å²) in [5.74, 6) is -5.16. The van der Waals surface area contributed by atoms with Gasteiger partial charge in [0, 0.05) is 0 Å². The van der Waals surface area contributed by atoms with Crippen LogP contribution in [0.2, 0.25) is 0 Å². The second-order valence-electron chi connectivity index (χ2n) is 4.65. The molecule has 0 aromatic heterocycles. The van der Waals surface area contributed by atoms with Crippen LogP contribution in [0.25, 0.3) is 0 Å². The zero-order valence-corrected chi connectivity index (χ0v) is 10.4. The lowest BCUT2D eigenvalue weighted by Gasteiger charge is -2.26. The molecule has 0 aliphatic heterocycles. The van der Waals surface area contributed by atoms with Crippen molar-refractivity contribution in [3.8, 4) is 0 Å². The molecule has 2 N–H and O–H groups in total. The summed E-state index contributed by atoms with van der Waals surface area (Å²) >= 11 is 0. The van der Waals surface area contributed by atoms with Crippen molar-refractivity contribution >= 4 is 17.9 Å². The van der Waals surface area contributed by atoms with Crippen molar-refractivity contribution < 1.29 is 29.3 Å². The van der Waals surface area contributed by atoms with Gasteiger partial charge in [-0.15, -0.1) is 0 Å². The van der Waals surface area contributed by atoms with E-state index in [9.17, 15) is 14.4 Å². The number of carbonyl (C=O) groups excluding carboxylic acids is 1. The van der Waals surface area contributed by atoms with E-state index < -0.39 is 35.2 Å². The molecule has 21 heavy (non-hydrogen) atoms. The number of carbonyl (C=O) groups is 3. The lowest BCUT2D eigenvalue weighted by Crippen LogP contribution is -2.36. The minimum Gasteiger partial charge on any atom is -0.481 e. The van der Waals surface area contributed by atoms with Crippen LogP contribution in [0.3, 0.4) is 0 Å². The van der Waals surface area contributed by atoms with Crippen LogP contribution in [-0.4, -0.2) is 35.2 Å². The average Bonchev–Trinajstić information content (AvgIpc) is 2.23. The zero-order chi connectivity index (χ0) is 13.8. The molecular weight excluding hydrogens is 276 g/mol. The molecule has 2 unspecified atom stereocenters. The highest BCUT2D eigenvalue weighted by Gasteiger charge is 2.39.